The smallest absolute Gasteiger partial charge is 0.308 e. The second-order valence-corrected chi connectivity index (χ2v) is 11.3. The first-order valence-electron chi connectivity index (χ1n) is 13.5. The monoisotopic (exact) mass is 697 g/mol. The van der Waals surface area contributed by atoms with Crippen molar-refractivity contribution in [1.29, 1.82) is 0 Å². The first-order chi connectivity index (χ1) is 22.0. The lowest BCUT2D eigenvalue weighted by Crippen LogP contribution is -2.36. The SMILES string of the molecule is CC(=O)Nc1ccc(Cl)c(N=C2NN(c3c(Cl)cc(Cl)cc3Cl)C(=O)C2n2nnc3ccccc32)c1.CC(=O)Oc1ccccc1. The molecule has 0 saturated carbocycles. The normalized spacial score (nSPS) is 14.9. The zero-order valence-corrected chi connectivity index (χ0v) is 27.1. The summed E-state index contributed by atoms with van der Waals surface area (Å²) in [5.74, 6) is -0.235. The summed E-state index contributed by atoms with van der Waals surface area (Å²) in [6.45, 7) is 2.77. The van der Waals surface area contributed by atoms with E-state index in [-0.39, 0.29) is 33.4 Å². The molecule has 1 unspecified atom stereocenters. The summed E-state index contributed by atoms with van der Waals surface area (Å²) < 4.78 is 6.23. The summed E-state index contributed by atoms with van der Waals surface area (Å²) in [4.78, 5) is 40.3. The van der Waals surface area contributed by atoms with E-state index in [1.54, 1.807) is 42.5 Å². The predicted octanol–water partition coefficient (Wildman–Crippen LogP) is 7.44. The molecule has 11 nitrogen and oxygen atoms in total. The molecule has 1 aromatic heterocycles. The molecule has 6 rings (SSSR count). The van der Waals surface area contributed by atoms with Crippen LogP contribution in [-0.2, 0) is 14.4 Å². The summed E-state index contributed by atoms with van der Waals surface area (Å²) in [7, 11) is 0. The highest BCUT2D eigenvalue weighted by Gasteiger charge is 2.43. The number of hydrazine groups is 1. The number of hydrogen-bond donors (Lipinski definition) is 2. The van der Waals surface area contributed by atoms with Gasteiger partial charge in [0.25, 0.3) is 5.91 Å². The highest BCUT2D eigenvalue weighted by Crippen LogP contribution is 2.39. The number of carbonyl (C=O) groups is 3. The lowest BCUT2D eigenvalue weighted by Gasteiger charge is -2.19. The van der Waals surface area contributed by atoms with Gasteiger partial charge < -0.3 is 10.1 Å². The van der Waals surface area contributed by atoms with Gasteiger partial charge in [0.05, 0.1) is 26.3 Å². The van der Waals surface area contributed by atoms with Crippen LogP contribution in [-0.4, -0.2) is 38.6 Å². The second-order valence-electron chi connectivity index (χ2n) is 9.68. The summed E-state index contributed by atoms with van der Waals surface area (Å²) in [6.07, 6.45) is 0. The van der Waals surface area contributed by atoms with Crippen molar-refractivity contribution in [3.05, 3.63) is 105 Å². The van der Waals surface area contributed by atoms with E-state index >= 15 is 0 Å². The number of hydrogen-bond acceptors (Lipinski definition) is 7. The Hall–Kier alpha value is -4.68. The highest BCUT2D eigenvalue weighted by atomic mass is 35.5. The van der Waals surface area contributed by atoms with E-state index in [1.807, 2.05) is 30.3 Å². The van der Waals surface area contributed by atoms with Gasteiger partial charge in [0, 0.05) is 24.6 Å². The van der Waals surface area contributed by atoms with Crippen molar-refractivity contribution in [3.8, 4) is 5.75 Å². The van der Waals surface area contributed by atoms with Gasteiger partial charge in [0.1, 0.15) is 17.0 Å². The Balaban J connectivity index is 0.000000356. The number of carbonyl (C=O) groups excluding carboxylic acids is 3. The third-order valence-corrected chi connectivity index (χ3v) is 7.39. The van der Waals surface area contributed by atoms with Gasteiger partial charge in [-0.05, 0) is 54.6 Å². The molecule has 5 aromatic rings. The van der Waals surface area contributed by atoms with E-state index in [2.05, 4.69) is 26.0 Å². The number of anilines is 2. The molecule has 0 spiro atoms. The van der Waals surface area contributed by atoms with Crippen LogP contribution in [0.3, 0.4) is 0 Å². The number of halogens is 4. The average molecular weight is 699 g/mol. The van der Waals surface area contributed by atoms with E-state index in [0.29, 0.717) is 38.2 Å². The van der Waals surface area contributed by atoms with Crippen LogP contribution in [0.2, 0.25) is 20.1 Å². The quantitative estimate of drug-likeness (QED) is 0.144. The number of fused-ring (bicyclic) bond motifs is 1. The number of nitrogens with zero attached hydrogens (tertiary/aromatic N) is 5. The number of amidine groups is 1. The maximum atomic E-state index is 13.8. The standard InChI is InChI=1S/C23H15Cl4N7O2.C8H8O2/c1-11(35)28-13-6-7-14(25)18(10-13)29-22-21(33-19-5-3-2-4-17(19)30-32-33)23(36)34(31-22)20-15(26)8-12(24)9-16(20)27;1-7(9)10-8-5-3-2-4-6-8/h2-10,21H,1H3,(H,28,35)(H,29,31);2-6H,1H3. The fourth-order valence-electron chi connectivity index (χ4n) is 4.43. The molecule has 2 N–H and O–H groups in total. The van der Waals surface area contributed by atoms with Crippen molar-refractivity contribution in [1.82, 2.24) is 20.4 Å². The Bertz CT molecular complexity index is 1960. The van der Waals surface area contributed by atoms with Gasteiger partial charge in [-0.15, -0.1) is 5.10 Å². The van der Waals surface area contributed by atoms with Gasteiger partial charge in [0.15, 0.2) is 11.9 Å². The summed E-state index contributed by atoms with van der Waals surface area (Å²) >= 11 is 25.3. The molecule has 4 aromatic carbocycles. The number of para-hydroxylation sites is 2. The van der Waals surface area contributed by atoms with E-state index in [0.717, 1.165) is 0 Å². The maximum absolute atomic E-state index is 13.8. The molecule has 0 aliphatic carbocycles. The number of amides is 2. The van der Waals surface area contributed by atoms with E-state index in [1.165, 1.54) is 35.7 Å². The Labute approximate surface area is 282 Å². The van der Waals surface area contributed by atoms with E-state index in [9.17, 15) is 14.4 Å². The Morgan fingerprint density at radius 1 is 0.891 bits per heavy atom. The summed E-state index contributed by atoms with van der Waals surface area (Å²) in [5.41, 5.74) is 5.18. The topological polar surface area (TPSA) is 131 Å². The Kier molecular flexibility index (Phi) is 10.1. The lowest BCUT2D eigenvalue weighted by molar-refractivity contribution is -0.132. The number of aromatic nitrogens is 3. The molecule has 15 heteroatoms. The van der Waals surface area contributed by atoms with E-state index in [4.69, 9.17) is 51.1 Å². The van der Waals surface area contributed by atoms with Gasteiger partial charge in [-0.25, -0.2) is 14.7 Å². The number of benzene rings is 4. The minimum atomic E-state index is -1.05. The van der Waals surface area contributed by atoms with Crippen molar-refractivity contribution >= 4 is 98.1 Å². The fraction of sp³-hybridized carbons (Fsp3) is 0.0968. The van der Waals surface area contributed by atoms with E-state index < -0.39 is 11.9 Å². The highest BCUT2D eigenvalue weighted by molar-refractivity contribution is 6.43. The third kappa shape index (κ3) is 7.40. The summed E-state index contributed by atoms with van der Waals surface area (Å²) in [6, 6.07) is 22.9. The number of nitrogens with one attached hydrogen (secondary N) is 2. The van der Waals surface area contributed by atoms with Crippen LogP contribution < -0.4 is 20.5 Å². The molecule has 1 aliphatic heterocycles. The number of ether oxygens (including phenoxy) is 1. The van der Waals surface area contributed by atoms with Crippen LogP contribution in [0.4, 0.5) is 17.1 Å². The largest absolute Gasteiger partial charge is 0.427 e. The first kappa shape index (κ1) is 32.7. The minimum absolute atomic E-state index is 0.155. The predicted molar refractivity (Wildman–Crippen MR) is 179 cm³/mol. The molecule has 1 saturated heterocycles. The number of esters is 1. The molecule has 234 valence electrons. The van der Waals surface area contributed by atoms with Gasteiger partial charge in [-0.1, -0.05) is 81.9 Å². The van der Waals surface area contributed by atoms with Crippen LogP contribution in [0, 0.1) is 0 Å². The van der Waals surface area contributed by atoms with Crippen molar-refractivity contribution in [2.24, 2.45) is 4.99 Å². The van der Waals surface area contributed by atoms with Crippen molar-refractivity contribution in [2.75, 3.05) is 10.3 Å². The third-order valence-electron chi connectivity index (χ3n) is 6.28. The lowest BCUT2D eigenvalue weighted by atomic mass is 10.2. The molecule has 1 fully saturated rings. The molecular formula is C31H23Cl4N7O4. The second kappa shape index (κ2) is 14.2. The van der Waals surface area contributed by atoms with Crippen LogP contribution in [0.25, 0.3) is 11.0 Å². The molecule has 0 bridgehead atoms. The van der Waals surface area contributed by atoms with Gasteiger partial charge >= 0.3 is 5.97 Å². The van der Waals surface area contributed by atoms with Gasteiger partial charge in [-0.3, -0.25) is 19.8 Å². The molecule has 2 amide bonds. The minimum Gasteiger partial charge on any atom is -0.427 e. The molecule has 1 atom stereocenters. The fourth-order valence-corrected chi connectivity index (χ4v) is 5.58. The van der Waals surface area contributed by atoms with Crippen LogP contribution in [0.15, 0.2) is 89.9 Å². The average Bonchev–Trinajstić information content (AvgIpc) is 3.55. The van der Waals surface area contributed by atoms with Gasteiger partial charge in [-0.2, -0.15) is 0 Å². The summed E-state index contributed by atoms with van der Waals surface area (Å²) in [5, 5.41) is 13.2. The number of aliphatic imine (C=N–C) groups is 1. The Morgan fingerprint density at radius 3 is 2.24 bits per heavy atom. The maximum Gasteiger partial charge on any atom is 0.308 e. The molecular weight excluding hydrogens is 676 g/mol. The number of rotatable bonds is 5. The van der Waals surface area contributed by atoms with Gasteiger partial charge in [0.2, 0.25) is 5.91 Å². The zero-order chi connectivity index (χ0) is 33.0. The molecule has 2 heterocycles. The van der Waals surface area contributed by atoms with Crippen LogP contribution in [0.5, 0.6) is 5.75 Å². The molecule has 1 aliphatic rings. The molecule has 46 heavy (non-hydrogen) atoms. The van der Waals surface area contributed by atoms with Crippen LogP contribution in [0.1, 0.15) is 19.9 Å². The van der Waals surface area contributed by atoms with Crippen LogP contribution >= 0.6 is 46.4 Å². The molecule has 0 radical (unpaired) electrons. The van der Waals surface area contributed by atoms with Crippen molar-refractivity contribution in [3.63, 3.8) is 0 Å². The zero-order valence-electron chi connectivity index (χ0n) is 24.0. The Morgan fingerprint density at radius 2 is 1.57 bits per heavy atom. The van der Waals surface area contributed by atoms with Crippen molar-refractivity contribution in [2.45, 2.75) is 19.9 Å². The first-order valence-corrected chi connectivity index (χ1v) is 15.0. The van der Waals surface area contributed by atoms with Crippen molar-refractivity contribution < 1.29 is 19.1 Å².